The fourth-order valence-corrected chi connectivity index (χ4v) is 2.40. The summed E-state index contributed by atoms with van der Waals surface area (Å²) in [6.45, 7) is 1.06. The summed E-state index contributed by atoms with van der Waals surface area (Å²) in [7, 11) is 0. The number of amides is 1. The first-order chi connectivity index (χ1) is 8.11. The van der Waals surface area contributed by atoms with Crippen molar-refractivity contribution in [1.82, 2.24) is 9.88 Å². The lowest BCUT2D eigenvalue weighted by atomic mass is 10.0. The lowest BCUT2D eigenvalue weighted by Crippen LogP contribution is -2.53. The number of hydrogen-bond donors (Lipinski definition) is 2. The zero-order valence-corrected chi connectivity index (χ0v) is 9.94. The molecular formula is C10H13N3O3S. The molecule has 0 aliphatic carbocycles. The molecule has 3 N–H and O–H groups in total. The van der Waals surface area contributed by atoms with Crippen LogP contribution in [0.5, 0.6) is 0 Å². The van der Waals surface area contributed by atoms with Gasteiger partial charge in [-0.3, -0.25) is 9.59 Å². The zero-order valence-electron chi connectivity index (χ0n) is 9.13. The van der Waals surface area contributed by atoms with Gasteiger partial charge in [0.1, 0.15) is 5.69 Å². The van der Waals surface area contributed by atoms with Crippen molar-refractivity contribution in [3.8, 4) is 0 Å². The molecule has 1 amide bonds. The van der Waals surface area contributed by atoms with E-state index in [0.29, 0.717) is 18.7 Å². The van der Waals surface area contributed by atoms with Crippen LogP contribution in [0.15, 0.2) is 5.38 Å². The summed E-state index contributed by atoms with van der Waals surface area (Å²) in [6, 6.07) is 0. The third-order valence-electron chi connectivity index (χ3n) is 2.65. The molecule has 2 heterocycles. The number of nitrogens with zero attached hydrogens (tertiary/aromatic N) is 2. The van der Waals surface area contributed by atoms with E-state index in [2.05, 4.69) is 4.98 Å². The van der Waals surface area contributed by atoms with E-state index < -0.39 is 11.9 Å². The fourth-order valence-electron chi connectivity index (χ4n) is 1.61. The number of carbonyl (C=O) groups is 2. The smallest absolute Gasteiger partial charge is 0.310 e. The van der Waals surface area contributed by atoms with E-state index in [-0.39, 0.29) is 19.0 Å². The Bertz CT molecular complexity index is 440. The van der Waals surface area contributed by atoms with Crippen LogP contribution in [-0.4, -0.2) is 46.5 Å². The average molecular weight is 255 g/mol. The molecule has 1 aliphatic rings. The number of carboxylic acid groups (broad SMARTS) is 1. The standard InChI is InChI=1S/C10H13N3O3S/c11-2-1-8-12-7(5-17-8)9(14)13-3-6(4-13)10(15)16/h5-6H,1-4,11H2,(H,15,16). The highest BCUT2D eigenvalue weighted by molar-refractivity contribution is 7.09. The van der Waals surface area contributed by atoms with E-state index in [4.69, 9.17) is 10.8 Å². The number of carboxylic acids is 1. The summed E-state index contributed by atoms with van der Waals surface area (Å²) in [5.74, 6) is -1.47. The molecule has 17 heavy (non-hydrogen) atoms. The fraction of sp³-hybridized carbons (Fsp3) is 0.500. The van der Waals surface area contributed by atoms with Gasteiger partial charge in [-0.2, -0.15) is 0 Å². The summed E-state index contributed by atoms with van der Waals surface area (Å²) in [5.41, 5.74) is 5.79. The van der Waals surface area contributed by atoms with Crippen LogP contribution < -0.4 is 5.73 Å². The van der Waals surface area contributed by atoms with Crippen LogP contribution in [0.1, 0.15) is 15.5 Å². The first-order valence-corrected chi connectivity index (χ1v) is 6.16. The number of carbonyl (C=O) groups excluding carboxylic acids is 1. The summed E-state index contributed by atoms with van der Waals surface area (Å²) >= 11 is 1.41. The maximum absolute atomic E-state index is 11.9. The van der Waals surface area contributed by atoms with Gasteiger partial charge in [0.25, 0.3) is 5.91 Å². The normalized spacial score (nSPS) is 15.7. The highest BCUT2D eigenvalue weighted by Crippen LogP contribution is 2.20. The van der Waals surface area contributed by atoms with Crippen molar-refractivity contribution in [2.45, 2.75) is 6.42 Å². The van der Waals surface area contributed by atoms with Gasteiger partial charge in [0.15, 0.2) is 0 Å². The Labute approximate surface area is 102 Å². The van der Waals surface area contributed by atoms with Crippen LogP contribution in [0.2, 0.25) is 0 Å². The second-order valence-corrected chi connectivity index (χ2v) is 4.85. The number of likely N-dealkylation sites (tertiary alicyclic amines) is 1. The first kappa shape index (κ1) is 12.0. The Morgan fingerprint density at radius 2 is 2.29 bits per heavy atom. The van der Waals surface area contributed by atoms with Crippen LogP contribution in [0.25, 0.3) is 0 Å². The van der Waals surface area contributed by atoms with Crippen molar-refractivity contribution in [1.29, 1.82) is 0 Å². The largest absolute Gasteiger partial charge is 0.481 e. The van der Waals surface area contributed by atoms with Gasteiger partial charge in [-0.25, -0.2) is 4.98 Å². The highest BCUT2D eigenvalue weighted by atomic mass is 32.1. The third kappa shape index (κ3) is 2.45. The van der Waals surface area contributed by atoms with E-state index in [1.807, 2.05) is 0 Å². The second-order valence-electron chi connectivity index (χ2n) is 3.91. The molecule has 92 valence electrons. The molecule has 6 nitrogen and oxygen atoms in total. The molecular weight excluding hydrogens is 242 g/mol. The Hall–Kier alpha value is -1.47. The summed E-state index contributed by atoms with van der Waals surface area (Å²) in [5, 5.41) is 11.2. The first-order valence-electron chi connectivity index (χ1n) is 5.28. The monoisotopic (exact) mass is 255 g/mol. The number of hydrogen-bond acceptors (Lipinski definition) is 5. The molecule has 1 fully saturated rings. The molecule has 1 aromatic rings. The maximum atomic E-state index is 11.9. The molecule has 0 saturated carbocycles. The van der Waals surface area contributed by atoms with Crippen molar-refractivity contribution in [2.24, 2.45) is 11.7 Å². The maximum Gasteiger partial charge on any atom is 0.310 e. The van der Waals surface area contributed by atoms with Crippen LogP contribution in [0.4, 0.5) is 0 Å². The van der Waals surface area contributed by atoms with Gasteiger partial charge < -0.3 is 15.7 Å². The Balaban J connectivity index is 1.94. The van der Waals surface area contributed by atoms with E-state index in [9.17, 15) is 9.59 Å². The van der Waals surface area contributed by atoms with Gasteiger partial charge in [0, 0.05) is 24.9 Å². The Morgan fingerprint density at radius 1 is 1.59 bits per heavy atom. The summed E-state index contributed by atoms with van der Waals surface area (Å²) < 4.78 is 0. The molecule has 1 aromatic heterocycles. The van der Waals surface area contributed by atoms with E-state index in [1.54, 1.807) is 5.38 Å². The molecule has 7 heteroatoms. The van der Waals surface area contributed by atoms with Gasteiger partial charge >= 0.3 is 5.97 Å². The molecule has 2 rings (SSSR count). The molecule has 0 spiro atoms. The topological polar surface area (TPSA) is 96.5 Å². The van der Waals surface area contributed by atoms with Gasteiger partial charge in [0.2, 0.25) is 0 Å². The number of aromatic nitrogens is 1. The number of nitrogens with two attached hydrogens (primary N) is 1. The number of thiazole rings is 1. The van der Waals surface area contributed by atoms with Crippen molar-refractivity contribution in [3.05, 3.63) is 16.1 Å². The molecule has 1 aliphatic heterocycles. The predicted molar refractivity (Wildman–Crippen MR) is 61.9 cm³/mol. The van der Waals surface area contributed by atoms with Crippen LogP contribution in [0.3, 0.4) is 0 Å². The van der Waals surface area contributed by atoms with Crippen molar-refractivity contribution in [2.75, 3.05) is 19.6 Å². The Morgan fingerprint density at radius 3 is 2.88 bits per heavy atom. The molecule has 0 bridgehead atoms. The average Bonchev–Trinajstić information content (AvgIpc) is 2.63. The minimum atomic E-state index is -0.851. The van der Waals surface area contributed by atoms with E-state index in [0.717, 1.165) is 5.01 Å². The number of aliphatic carboxylic acids is 1. The van der Waals surface area contributed by atoms with Crippen LogP contribution in [0, 0.1) is 5.92 Å². The molecule has 0 unspecified atom stereocenters. The van der Waals surface area contributed by atoms with Gasteiger partial charge in [-0.1, -0.05) is 0 Å². The van der Waals surface area contributed by atoms with E-state index in [1.165, 1.54) is 16.2 Å². The SMILES string of the molecule is NCCc1nc(C(=O)N2CC(C(=O)O)C2)cs1. The van der Waals surface area contributed by atoms with Gasteiger partial charge in [0.05, 0.1) is 10.9 Å². The van der Waals surface area contributed by atoms with Crippen LogP contribution >= 0.6 is 11.3 Å². The predicted octanol–water partition coefficient (Wildman–Crippen LogP) is -0.199. The lowest BCUT2D eigenvalue weighted by Gasteiger charge is -2.36. The quantitative estimate of drug-likeness (QED) is 0.776. The minimum Gasteiger partial charge on any atom is -0.481 e. The van der Waals surface area contributed by atoms with E-state index >= 15 is 0 Å². The molecule has 1 saturated heterocycles. The number of rotatable bonds is 4. The molecule has 0 atom stereocenters. The van der Waals surface area contributed by atoms with Crippen molar-refractivity contribution < 1.29 is 14.7 Å². The van der Waals surface area contributed by atoms with Crippen molar-refractivity contribution in [3.63, 3.8) is 0 Å². The van der Waals surface area contributed by atoms with Crippen LogP contribution in [-0.2, 0) is 11.2 Å². The Kier molecular flexibility index (Phi) is 3.39. The van der Waals surface area contributed by atoms with Gasteiger partial charge in [-0.15, -0.1) is 11.3 Å². The summed E-state index contributed by atoms with van der Waals surface area (Å²) in [6.07, 6.45) is 0.662. The lowest BCUT2D eigenvalue weighted by molar-refractivity contribution is -0.146. The molecule has 0 aromatic carbocycles. The highest BCUT2D eigenvalue weighted by Gasteiger charge is 2.36. The third-order valence-corrected chi connectivity index (χ3v) is 3.56. The summed E-state index contributed by atoms with van der Waals surface area (Å²) in [4.78, 5) is 28.1. The second kappa shape index (κ2) is 4.80. The van der Waals surface area contributed by atoms with Gasteiger partial charge in [-0.05, 0) is 6.54 Å². The minimum absolute atomic E-state index is 0.193. The molecule has 0 radical (unpaired) electrons. The van der Waals surface area contributed by atoms with Crippen molar-refractivity contribution >= 4 is 23.2 Å². The zero-order chi connectivity index (χ0) is 12.4.